The van der Waals surface area contributed by atoms with Gasteiger partial charge in [-0.15, -0.1) is 0 Å². The number of aromatic nitrogens is 1. The zero-order valence-electron chi connectivity index (χ0n) is 12.1. The highest BCUT2D eigenvalue weighted by molar-refractivity contribution is 6.07. The maximum absolute atomic E-state index is 4.07. The fourth-order valence-electron chi connectivity index (χ4n) is 2.88. The molecule has 1 heterocycles. The summed E-state index contributed by atoms with van der Waals surface area (Å²) in [4.78, 5) is 4.07. The van der Waals surface area contributed by atoms with Crippen LogP contribution in [0.25, 0.3) is 33.7 Å². The van der Waals surface area contributed by atoms with Gasteiger partial charge in [0.25, 0.3) is 0 Å². The molecule has 0 saturated carbocycles. The van der Waals surface area contributed by atoms with Gasteiger partial charge in [-0.05, 0) is 50.9 Å². The Morgan fingerprint density at radius 1 is 0.636 bits per heavy atom. The third-order valence-corrected chi connectivity index (χ3v) is 3.96. The number of hydrogen-bond acceptors (Lipinski definition) is 1. The van der Waals surface area contributed by atoms with E-state index in [1.165, 1.54) is 27.1 Å². The molecule has 22 heavy (non-hydrogen) atoms. The summed E-state index contributed by atoms with van der Waals surface area (Å²) in [6.07, 6.45) is 8.00. The van der Waals surface area contributed by atoms with Crippen molar-refractivity contribution in [1.82, 2.24) is 4.98 Å². The smallest absolute Gasteiger partial charge is 0.0273 e. The second-order valence-electron chi connectivity index (χ2n) is 5.35. The van der Waals surface area contributed by atoms with Crippen molar-refractivity contribution in [3.63, 3.8) is 0 Å². The van der Waals surface area contributed by atoms with Gasteiger partial charge in [0.2, 0.25) is 0 Å². The standard InChI is InChI=1S/C21H15N/c1-3-7-19-17(5-1)15-18-6-2-4-8-20(18)21(19)10-9-16-11-13-22-14-12-16/h1-15H. The summed E-state index contributed by atoms with van der Waals surface area (Å²) in [5, 5.41) is 5.11. The van der Waals surface area contributed by atoms with E-state index in [4.69, 9.17) is 0 Å². The zero-order valence-corrected chi connectivity index (χ0v) is 12.1. The molecule has 0 aliphatic heterocycles. The van der Waals surface area contributed by atoms with E-state index in [9.17, 15) is 0 Å². The van der Waals surface area contributed by atoms with Crippen molar-refractivity contribution in [1.29, 1.82) is 0 Å². The number of rotatable bonds is 2. The molecule has 1 nitrogen and oxygen atoms in total. The molecule has 4 aromatic rings. The van der Waals surface area contributed by atoms with Crippen molar-refractivity contribution in [2.75, 3.05) is 0 Å². The molecule has 1 aromatic heterocycles. The van der Waals surface area contributed by atoms with Gasteiger partial charge in [-0.25, -0.2) is 0 Å². The lowest BCUT2D eigenvalue weighted by Crippen LogP contribution is -1.83. The molecular weight excluding hydrogens is 266 g/mol. The number of fused-ring (bicyclic) bond motifs is 2. The Labute approximate surface area is 129 Å². The number of hydrogen-bond donors (Lipinski definition) is 0. The van der Waals surface area contributed by atoms with Crippen LogP contribution >= 0.6 is 0 Å². The van der Waals surface area contributed by atoms with E-state index < -0.39 is 0 Å². The van der Waals surface area contributed by atoms with Crippen LogP contribution in [0.3, 0.4) is 0 Å². The van der Waals surface area contributed by atoms with Gasteiger partial charge in [0.05, 0.1) is 0 Å². The molecule has 4 rings (SSSR count). The van der Waals surface area contributed by atoms with Crippen molar-refractivity contribution in [3.8, 4) is 0 Å². The zero-order chi connectivity index (χ0) is 14.8. The predicted molar refractivity (Wildman–Crippen MR) is 94.6 cm³/mol. The molecule has 0 aliphatic rings. The molecule has 0 unspecified atom stereocenters. The van der Waals surface area contributed by atoms with E-state index in [0.29, 0.717) is 0 Å². The third-order valence-electron chi connectivity index (χ3n) is 3.96. The van der Waals surface area contributed by atoms with Crippen LogP contribution in [-0.2, 0) is 0 Å². The van der Waals surface area contributed by atoms with Gasteiger partial charge in [-0.3, -0.25) is 4.98 Å². The van der Waals surface area contributed by atoms with Crippen LogP contribution in [0.4, 0.5) is 0 Å². The lowest BCUT2D eigenvalue weighted by atomic mass is 9.96. The second-order valence-corrected chi connectivity index (χ2v) is 5.35. The highest BCUT2D eigenvalue weighted by Crippen LogP contribution is 2.29. The summed E-state index contributed by atoms with van der Waals surface area (Å²) >= 11 is 0. The van der Waals surface area contributed by atoms with Gasteiger partial charge < -0.3 is 0 Å². The molecule has 0 spiro atoms. The Kier molecular flexibility index (Phi) is 3.17. The van der Waals surface area contributed by atoms with Gasteiger partial charge in [0.1, 0.15) is 0 Å². The molecule has 0 amide bonds. The molecule has 104 valence electrons. The lowest BCUT2D eigenvalue weighted by Gasteiger charge is -2.08. The van der Waals surface area contributed by atoms with Crippen LogP contribution in [0.2, 0.25) is 0 Å². The highest BCUT2D eigenvalue weighted by atomic mass is 14.6. The van der Waals surface area contributed by atoms with Gasteiger partial charge in [0, 0.05) is 12.4 Å². The first-order chi connectivity index (χ1) is 10.9. The average Bonchev–Trinajstić information content (AvgIpc) is 2.59. The van der Waals surface area contributed by atoms with E-state index in [1.807, 2.05) is 24.5 Å². The van der Waals surface area contributed by atoms with Crippen molar-refractivity contribution < 1.29 is 0 Å². The van der Waals surface area contributed by atoms with Crippen molar-refractivity contribution in [2.24, 2.45) is 0 Å². The molecule has 1 heteroatoms. The summed E-state index contributed by atoms with van der Waals surface area (Å²) < 4.78 is 0. The van der Waals surface area contributed by atoms with Crippen LogP contribution in [0, 0.1) is 0 Å². The molecule has 0 atom stereocenters. The van der Waals surface area contributed by atoms with E-state index in [0.717, 1.165) is 5.56 Å². The number of benzene rings is 3. The van der Waals surface area contributed by atoms with Crippen LogP contribution < -0.4 is 0 Å². The normalized spacial score (nSPS) is 11.5. The van der Waals surface area contributed by atoms with Crippen LogP contribution in [0.1, 0.15) is 11.1 Å². The van der Waals surface area contributed by atoms with Crippen LogP contribution in [0.15, 0.2) is 79.1 Å². The summed E-state index contributed by atoms with van der Waals surface area (Å²) in [6.45, 7) is 0. The van der Waals surface area contributed by atoms with E-state index in [1.54, 1.807) is 0 Å². The first-order valence-corrected chi connectivity index (χ1v) is 7.40. The Balaban J connectivity index is 1.98. The SMILES string of the molecule is C(=Cc1c2ccccc2cc2ccccc12)c1ccncc1. The lowest BCUT2D eigenvalue weighted by molar-refractivity contribution is 1.32. The minimum atomic E-state index is 1.16. The minimum Gasteiger partial charge on any atom is -0.265 e. The van der Waals surface area contributed by atoms with Crippen molar-refractivity contribution >= 4 is 33.7 Å². The van der Waals surface area contributed by atoms with Gasteiger partial charge >= 0.3 is 0 Å². The summed E-state index contributed by atoms with van der Waals surface area (Å²) in [6, 6.07) is 23.4. The van der Waals surface area contributed by atoms with Gasteiger partial charge in [0.15, 0.2) is 0 Å². The quantitative estimate of drug-likeness (QED) is 0.438. The maximum atomic E-state index is 4.07. The molecule has 0 saturated heterocycles. The molecular formula is C21H15N. The summed E-state index contributed by atoms with van der Waals surface area (Å²) in [7, 11) is 0. The largest absolute Gasteiger partial charge is 0.265 e. The molecule has 0 N–H and O–H groups in total. The monoisotopic (exact) mass is 281 g/mol. The maximum Gasteiger partial charge on any atom is 0.0273 e. The Morgan fingerprint density at radius 3 is 1.86 bits per heavy atom. The van der Waals surface area contributed by atoms with E-state index in [-0.39, 0.29) is 0 Å². The van der Waals surface area contributed by atoms with Crippen molar-refractivity contribution in [3.05, 3.63) is 90.3 Å². The number of nitrogens with zero attached hydrogens (tertiary/aromatic N) is 1. The molecule has 0 bridgehead atoms. The fraction of sp³-hybridized carbons (Fsp3) is 0. The minimum absolute atomic E-state index is 1.16. The van der Waals surface area contributed by atoms with Crippen LogP contribution in [-0.4, -0.2) is 4.98 Å². The highest BCUT2D eigenvalue weighted by Gasteiger charge is 2.04. The summed E-state index contributed by atoms with van der Waals surface area (Å²) in [5.41, 5.74) is 2.43. The van der Waals surface area contributed by atoms with E-state index in [2.05, 4.69) is 71.7 Å². The second kappa shape index (κ2) is 5.45. The van der Waals surface area contributed by atoms with E-state index >= 15 is 0 Å². The van der Waals surface area contributed by atoms with Crippen molar-refractivity contribution in [2.45, 2.75) is 0 Å². The van der Waals surface area contributed by atoms with Crippen LogP contribution in [0.5, 0.6) is 0 Å². The van der Waals surface area contributed by atoms with Gasteiger partial charge in [-0.2, -0.15) is 0 Å². The number of pyridine rings is 1. The Bertz CT molecular complexity index is 915. The molecule has 3 aromatic carbocycles. The molecule has 0 aliphatic carbocycles. The fourth-order valence-corrected chi connectivity index (χ4v) is 2.88. The topological polar surface area (TPSA) is 12.9 Å². The Hall–Kier alpha value is -2.93. The molecule has 0 fully saturated rings. The summed E-state index contributed by atoms with van der Waals surface area (Å²) in [5.74, 6) is 0. The predicted octanol–water partition coefficient (Wildman–Crippen LogP) is 5.56. The average molecular weight is 281 g/mol. The third kappa shape index (κ3) is 2.27. The first-order valence-electron chi connectivity index (χ1n) is 7.40. The van der Waals surface area contributed by atoms with Gasteiger partial charge in [-0.1, -0.05) is 60.7 Å². The Morgan fingerprint density at radius 2 is 1.23 bits per heavy atom. The first kappa shape index (κ1) is 12.8. The molecule has 0 radical (unpaired) electrons.